The summed E-state index contributed by atoms with van der Waals surface area (Å²) < 4.78 is 0. The highest BCUT2D eigenvalue weighted by Crippen LogP contribution is 2.21. The van der Waals surface area contributed by atoms with Crippen LogP contribution in [-0.4, -0.2) is 48.6 Å². The van der Waals surface area contributed by atoms with Crippen molar-refractivity contribution < 1.29 is 4.79 Å². The first-order chi connectivity index (χ1) is 12.1. The number of carbonyl (C=O) groups is 1. The van der Waals surface area contributed by atoms with Crippen LogP contribution in [0.5, 0.6) is 0 Å². The van der Waals surface area contributed by atoms with Crippen LogP contribution in [0.4, 0.5) is 10.5 Å². The lowest BCUT2D eigenvalue weighted by atomic mass is 9.97. The molecule has 0 bridgehead atoms. The zero-order chi connectivity index (χ0) is 17.6. The average Bonchev–Trinajstić information content (AvgIpc) is 2.64. The Labute approximate surface area is 151 Å². The summed E-state index contributed by atoms with van der Waals surface area (Å²) in [7, 11) is 0. The van der Waals surface area contributed by atoms with Crippen molar-refractivity contribution in [1.82, 2.24) is 9.80 Å². The summed E-state index contributed by atoms with van der Waals surface area (Å²) in [6.45, 7) is 8.81. The number of urea groups is 1. The average molecular weight is 341 g/mol. The van der Waals surface area contributed by atoms with Crippen LogP contribution in [0.15, 0.2) is 29.8 Å². The van der Waals surface area contributed by atoms with Gasteiger partial charge in [-0.3, -0.25) is 4.90 Å². The summed E-state index contributed by atoms with van der Waals surface area (Å²) in [4.78, 5) is 17.0. The lowest BCUT2D eigenvalue weighted by Gasteiger charge is -2.35. The van der Waals surface area contributed by atoms with Gasteiger partial charge < -0.3 is 10.2 Å². The molecule has 0 spiro atoms. The molecular formula is C21H31N3O. The van der Waals surface area contributed by atoms with E-state index in [1.54, 1.807) is 5.57 Å². The number of carbonyl (C=O) groups excluding carboxylic acids is 1. The van der Waals surface area contributed by atoms with Crippen LogP contribution in [0, 0.1) is 13.8 Å². The number of hydrogen-bond acceptors (Lipinski definition) is 2. The lowest BCUT2D eigenvalue weighted by Crippen LogP contribution is -2.50. The number of hydrogen-bond donors (Lipinski definition) is 1. The number of rotatable bonds is 4. The molecule has 1 heterocycles. The minimum absolute atomic E-state index is 0.0309. The SMILES string of the molecule is Cc1ccc(C)c(NC(=O)N2CCN(CCC3=CCCCC3)CC2)c1. The Kier molecular flexibility index (Phi) is 6.14. The highest BCUT2D eigenvalue weighted by atomic mass is 16.2. The standard InChI is InChI=1S/C21H31N3O/c1-17-8-9-18(2)20(16-17)22-21(25)24-14-12-23(13-15-24)11-10-19-6-4-3-5-7-19/h6,8-9,16H,3-5,7,10-15H2,1-2H3,(H,22,25). The van der Waals surface area contributed by atoms with Crippen LogP contribution in [-0.2, 0) is 0 Å². The van der Waals surface area contributed by atoms with Gasteiger partial charge in [0.25, 0.3) is 0 Å². The van der Waals surface area contributed by atoms with Crippen molar-refractivity contribution in [2.24, 2.45) is 0 Å². The van der Waals surface area contributed by atoms with Gasteiger partial charge in [0, 0.05) is 38.4 Å². The number of benzene rings is 1. The molecular weight excluding hydrogens is 310 g/mol. The van der Waals surface area contributed by atoms with Gasteiger partial charge in [-0.05, 0) is 63.1 Å². The molecule has 1 saturated heterocycles. The molecule has 2 aliphatic rings. The number of amides is 2. The van der Waals surface area contributed by atoms with Crippen molar-refractivity contribution in [1.29, 1.82) is 0 Å². The van der Waals surface area contributed by atoms with Gasteiger partial charge in [-0.2, -0.15) is 0 Å². The van der Waals surface area contributed by atoms with E-state index in [0.717, 1.165) is 44.0 Å². The topological polar surface area (TPSA) is 35.6 Å². The second kappa shape index (κ2) is 8.52. The van der Waals surface area contributed by atoms with Crippen molar-refractivity contribution in [2.75, 3.05) is 38.0 Å². The molecule has 2 amide bonds. The maximum atomic E-state index is 12.5. The number of anilines is 1. The Morgan fingerprint density at radius 3 is 2.64 bits per heavy atom. The lowest BCUT2D eigenvalue weighted by molar-refractivity contribution is 0.148. The van der Waals surface area contributed by atoms with Gasteiger partial charge in [-0.1, -0.05) is 23.8 Å². The minimum atomic E-state index is 0.0309. The molecule has 1 aromatic rings. The number of allylic oxidation sites excluding steroid dienone is 1. The second-order valence-electron chi connectivity index (χ2n) is 7.44. The molecule has 0 saturated carbocycles. The molecule has 0 aromatic heterocycles. The van der Waals surface area contributed by atoms with Gasteiger partial charge in [0.15, 0.2) is 0 Å². The van der Waals surface area contributed by atoms with Crippen LogP contribution < -0.4 is 5.32 Å². The number of aryl methyl sites for hydroxylation is 2. The predicted octanol–water partition coefficient (Wildman–Crippen LogP) is 4.34. The van der Waals surface area contributed by atoms with Gasteiger partial charge >= 0.3 is 6.03 Å². The molecule has 4 heteroatoms. The number of piperazine rings is 1. The maximum Gasteiger partial charge on any atom is 0.321 e. The van der Waals surface area contributed by atoms with E-state index in [4.69, 9.17) is 0 Å². The first-order valence-electron chi connectivity index (χ1n) is 9.65. The van der Waals surface area contributed by atoms with Gasteiger partial charge in [0.05, 0.1) is 0 Å². The Bertz CT molecular complexity index is 630. The quantitative estimate of drug-likeness (QED) is 0.827. The number of nitrogens with zero attached hydrogens (tertiary/aromatic N) is 2. The largest absolute Gasteiger partial charge is 0.322 e. The third-order valence-corrected chi connectivity index (χ3v) is 5.43. The highest BCUT2D eigenvalue weighted by Gasteiger charge is 2.21. The van der Waals surface area contributed by atoms with Crippen molar-refractivity contribution >= 4 is 11.7 Å². The third kappa shape index (κ3) is 5.08. The molecule has 136 valence electrons. The summed E-state index contributed by atoms with van der Waals surface area (Å²) in [5.74, 6) is 0. The van der Waals surface area contributed by atoms with E-state index < -0.39 is 0 Å². The van der Waals surface area contributed by atoms with Crippen LogP contribution in [0.25, 0.3) is 0 Å². The monoisotopic (exact) mass is 341 g/mol. The minimum Gasteiger partial charge on any atom is -0.322 e. The van der Waals surface area contributed by atoms with Gasteiger partial charge in [0.2, 0.25) is 0 Å². The summed E-state index contributed by atoms with van der Waals surface area (Å²) in [5.41, 5.74) is 4.85. The van der Waals surface area contributed by atoms with E-state index in [2.05, 4.69) is 35.3 Å². The summed E-state index contributed by atoms with van der Waals surface area (Å²) >= 11 is 0. The van der Waals surface area contributed by atoms with E-state index in [1.165, 1.54) is 37.7 Å². The molecule has 1 aliphatic carbocycles. The van der Waals surface area contributed by atoms with E-state index in [-0.39, 0.29) is 6.03 Å². The third-order valence-electron chi connectivity index (χ3n) is 5.43. The Morgan fingerprint density at radius 1 is 1.12 bits per heavy atom. The predicted molar refractivity (Wildman–Crippen MR) is 104 cm³/mol. The van der Waals surface area contributed by atoms with Crippen molar-refractivity contribution in [2.45, 2.75) is 46.0 Å². The van der Waals surface area contributed by atoms with Crippen LogP contribution in [0.2, 0.25) is 0 Å². The fraction of sp³-hybridized carbons (Fsp3) is 0.571. The smallest absolute Gasteiger partial charge is 0.321 e. The molecule has 4 nitrogen and oxygen atoms in total. The summed E-state index contributed by atoms with van der Waals surface area (Å²) in [5, 5.41) is 3.08. The van der Waals surface area contributed by atoms with Crippen molar-refractivity contribution in [3.63, 3.8) is 0 Å². The zero-order valence-corrected chi connectivity index (χ0v) is 15.7. The van der Waals surface area contributed by atoms with Crippen LogP contribution >= 0.6 is 0 Å². The zero-order valence-electron chi connectivity index (χ0n) is 15.7. The summed E-state index contributed by atoms with van der Waals surface area (Å²) in [6.07, 6.45) is 8.92. The van der Waals surface area contributed by atoms with E-state index in [1.807, 2.05) is 17.9 Å². The van der Waals surface area contributed by atoms with E-state index in [0.29, 0.717) is 0 Å². The Balaban J connectivity index is 1.44. The Hall–Kier alpha value is -1.81. The maximum absolute atomic E-state index is 12.5. The molecule has 0 radical (unpaired) electrons. The van der Waals surface area contributed by atoms with Gasteiger partial charge in [-0.15, -0.1) is 0 Å². The van der Waals surface area contributed by atoms with Crippen molar-refractivity contribution in [3.05, 3.63) is 41.0 Å². The number of nitrogens with one attached hydrogen (secondary N) is 1. The first kappa shape index (κ1) is 18.0. The van der Waals surface area contributed by atoms with Crippen LogP contribution in [0.3, 0.4) is 0 Å². The second-order valence-corrected chi connectivity index (χ2v) is 7.44. The summed E-state index contributed by atoms with van der Waals surface area (Å²) in [6, 6.07) is 6.21. The van der Waals surface area contributed by atoms with Crippen LogP contribution in [0.1, 0.15) is 43.2 Å². The molecule has 1 aromatic carbocycles. The molecule has 0 unspecified atom stereocenters. The molecule has 3 rings (SSSR count). The fourth-order valence-electron chi connectivity index (χ4n) is 3.67. The molecule has 1 aliphatic heterocycles. The normalized spacial score (nSPS) is 18.8. The van der Waals surface area contributed by atoms with Gasteiger partial charge in [-0.25, -0.2) is 4.79 Å². The molecule has 1 N–H and O–H groups in total. The highest BCUT2D eigenvalue weighted by molar-refractivity contribution is 5.90. The van der Waals surface area contributed by atoms with E-state index in [9.17, 15) is 4.79 Å². The molecule has 1 fully saturated rings. The van der Waals surface area contributed by atoms with Gasteiger partial charge in [0.1, 0.15) is 0 Å². The van der Waals surface area contributed by atoms with Crippen molar-refractivity contribution in [3.8, 4) is 0 Å². The van der Waals surface area contributed by atoms with E-state index >= 15 is 0 Å². The fourth-order valence-corrected chi connectivity index (χ4v) is 3.67. The molecule has 0 atom stereocenters. The molecule has 25 heavy (non-hydrogen) atoms. The Morgan fingerprint density at radius 2 is 1.92 bits per heavy atom. The first-order valence-corrected chi connectivity index (χ1v) is 9.65.